The van der Waals surface area contributed by atoms with Crippen molar-refractivity contribution in [3.63, 3.8) is 0 Å². The molecule has 0 unspecified atom stereocenters. The zero-order chi connectivity index (χ0) is 25.9. The molecule has 3 aromatic heterocycles. The summed E-state index contributed by atoms with van der Waals surface area (Å²) in [4.78, 5) is 19.6. The van der Waals surface area contributed by atoms with E-state index in [9.17, 15) is 5.26 Å². The zero-order valence-corrected chi connectivity index (χ0v) is 20.7. The molecule has 6 rings (SSSR count). The van der Waals surface area contributed by atoms with Crippen LogP contribution < -0.4 is 10.1 Å². The number of benzene rings is 2. The van der Waals surface area contributed by atoms with Crippen molar-refractivity contribution in [2.24, 2.45) is 0 Å². The molecule has 0 amide bonds. The third kappa shape index (κ3) is 4.78. The number of rotatable bonds is 7. The number of hydrogen-bond acceptors (Lipinski definition) is 9. The van der Waals surface area contributed by atoms with E-state index in [0.717, 1.165) is 49.4 Å². The van der Waals surface area contributed by atoms with Gasteiger partial charge in [0.15, 0.2) is 28.9 Å². The third-order valence-corrected chi connectivity index (χ3v) is 6.40. The number of imidazole rings is 1. The highest BCUT2D eigenvalue weighted by atomic mass is 16.5. The molecule has 1 aliphatic rings. The van der Waals surface area contributed by atoms with Crippen molar-refractivity contribution in [2.75, 3.05) is 38.7 Å². The van der Waals surface area contributed by atoms with Crippen molar-refractivity contribution in [3.05, 3.63) is 66.0 Å². The summed E-state index contributed by atoms with van der Waals surface area (Å²) in [6.07, 6.45) is 3.34. The molecule has 0 bridgehead atoms. The summed E-state index contributed by atoms with van der Waals surface area (Å²) in [6, 6.07) is 15.6. The lowest BCUT2D eigenvalue weighted by atomic mass is 10.1. The van der Waals surface area contributed by atoms with Gasteiger partial charge in [0.25, 0.3) is 0 Å². The average molecular weight is 508 g/mol. The molecule has 0 aliphatic carbocycles. The van der Waals surface area contributed by atoms with Crippen molar-refractivity contribution < 1.29 is 9.47 Å². The van der Waals surface area contributed by atoms with Gasteiger partial charge < -0.3 is 19.8 Å². The molecule has 11 nitrogen and oxygen atoms in total. The van der Waals surface area contributed by atoms with Gasteiger partial charge in [0.2, 0.25) is 0 Å². The number of nitrogens with zero attached hydrogens (tertiary/aromatic N) is 6. The third-order valence-electron chi connectivity index (χ3n) is 6.40. The lowest BCUT2D eigenvalue weighted by molar-refractivity contribution is 0.0342. The van der Waals surface area contributed by atoms with Crippen LogP contribution in [0, 0.1) is 11.3 Å². The standard InChI is InChI=1S/C27H25N9O2/c1-37-23-15-29-25(19-4-2-3-17(11-19)13-28)34-26(23)33-22-14-30-35-24(22)27-31-20-6-5-18(12-21(20)32-27)16-36-7-9-38-10-8-36/h2-6,11-12,14-15H,7-10,16H2,1H3,(H,30,35)(H,31,32)(H,29,33,34). The van der Waals surface area contributed by atoms with Crippen LogP contribution in [0.4, 0.5) is 11.5 Å². The molecule has 190 valence electrons. The van der Waals surface area contributed by atoms with E-state index in [1.807, 2.05) is 6.07 Å². The van der Waals surface area contributed by atoms with Gasteiger partial charge in [0.1, 0.15) is 0 Å². The van der Waals surface area contributed by atoms with Crippen LogP contribution in [0.5, 0.6) is 5.75 Å². The molecule has 11 heteroatoms. The normalized spacial score (nSPS) is 13.9. The minimum atomic E-state index is 0.464. The quantitative estimate of drug-likeness (QED) is 0.299. The first-order valence-corrected chi connectivity index (χ1v) is 12.2. The van der Waals surface area contributed by atoms with Gasteiger partial charge in [-0.3, -0.25) is 10.00 Å². The van der Waals surface area contributed by atoms with E-state index in [-0.39, 0.29) is 0 Å². The molecule has 4 heterocycles. The molecular weight excluding hydrogens is 482 g/mol. The number of methoxy groups -OCH3 is 1. The highest BCUT2D eigenvalue weighted by Crippen LogP contribution is 2.32. The number of H-pyrrole nitrogens is 2. The number of fused-ring (bicyclic) bond motifs is 1. The van der Waals surface area contributed by atoms with Crippen LogP contribution in [-0.4, -0.2) is 68.4 Å². The summed E-state index contributed by atoms with van der Waals surface area (Å²) in [5.74, 6) is 2.02. The van der Waals surface area contributed by atoms with Crippen LogP contribution in [-0.2, 0) is 11.3 Å². The van der Waals surface area contributed by atoms with Crippen LogP contribution >= 0.6 is 0 Å². The number of ether oxygens (including phenoxy) is 2. The number of hydrogen-bond donors (Lipinski definition) is 3. The van der Waals surface area contributed by atoms with Crippen molar-refractivity contribution >= 4 is 22.5 Å². The van der Waals surface area contributed by atoms with Gasteiger partial charge >= 0.3 is 0 Å². The number of nitrogens with one attached hydrogen (secondary N) is 3. The molecule has 3 N–H and O–H groups in total. The number of aromatic amines is 2. The van der Waals surface area contributed by atoms with Crippen molar-refractivity contribution in [3.8, 4) is 34.7 Å². The second kappa shape index (κ2) is 10.3. The van der Waals surface area contributed by atoms with E-state index >= 15 is 0 Å². The van der Waals surface area contributed by atoms with Crippen LogP contribution in [0.1, 0.15) is 11.1 Å². The Balaban J connectivity index is 1.28. The summed E-state index contributed by atoms with van der Waals surface area (Å²) in [5.41, 5.74) is 5.56. The maximum absolute atomic E-state index is 9.25. The van der Waals surface area contributed by atoms with E-state index in [1.165, 1.54) is 5.56 Å². The van der Waals surface area contributed by atoms with E-state index in [2.05, 4.69) is 59.6 Å². The smallest absolute Gasteiger partial charge is 0.179 e. The maximum Gasteiger partial charge on any atom is 0.179 e. The number of aromatic nitrogens is 6. The highest BCUT2D eigenvalue weighted by Gasteiger charge is 2.18. The Kier molecular flexibility index (Phi) is 6.39. The molecule has 2 aromatic carbocycles. The summed E-state index contributed by atoms with van der Waals surface area (Å²) in [5, 5.41) is 19.9. The first-order valence-electron chi connectivity index (χ1n) is 12.2. The van der Waals surface area contributed by atoms with E-state index in [4.69, 9.17) is 14.5 Å². The molecule has 0 radical (unpaired) electrons. The van der Waals surface area contributed by atoms with E-state index in [1.54, 1.807) is 37.7 Å². The molecule has 1 fully saturated rings. The predicted molar refractivity (Wildman–Crippen MR) is 142 cm³/mol. The molecule has 0 atom stereocenters. The molecular formula is C27H25N9O2. The molecule has 38 heavy (non-hydrogen) atoms. The second-order valence-electron chi connectivity index (χ2n) is 8.90. The maximum atomic E-state index is 9.25. The topological polar surface area (TPSA) is 141 Å². The monoisotopic (exact) mass is 507 g/mol. The Morgan fingerprint density at radius 2 is 2.05 bits per heavy atom. The summed E-state index contributed by atoms with van der Waals surface area (Å²) >= 11 is 0. The zero-order valence-electron chi connectivity index (χ0n) is 20.7. The fourth-order valence-corrected chi connectivity index (χ4v) is 4.45. The van der Waals surface area contributed by atoms with Gasteiger partial charge in [0.05, 0.1) is 54.9 Å². The predicted octanol–water partition coefficient (Wildman–Crippen LogP) is 3.87. The minimum absolute atomic E-state index is 0.464. The summed E-state index contributed by atoms with van der Waals surface area (Å²) in [6.45, 7) is 4.28. The molecule has 5 aromatic rings. The lowest BCUT2D eigenvalue weighted by Crippen LogP contribution is -2.35. The first-order chi connectivity index (χ1) is 18.7. The average Bonchev–Trinajstić information content (AvgIpc) is 3.60. The van der Waals surface area contributed by atoms with Crippen LogP contribution in [0.25, 0.3) is 33.9 Å². The number of nitriles is 1. The van der Waals surface area contributed by atoms with Gasteiger partial charge in [-0.05, 0) is 29.8 Å². The van der Waals surface area contributed by atoms with Gasteiger partial charge in [-0.25, -0.2) is 15.0 Å². The Morgan fingerprint density at radius 3 is 2.89 bits per heavy atom. The molecule has 0 saturated carbocycles. The van der Waals surface area contributed by atoms with Gasteiger partial charge in [-0.1, -0.05) is 18.2 Å². The second-order valence-corrected chi connectivity index (χ2v) is 8.90. The summed E-state index contributed by atoms with van der Waals surface area (Å²) < 4.78 is 11.0. The SMILES string of the molecule is COc1cnc(-c2cccc(C#N)c2)nc1Nc1c[nH]nc1-c1nc2cc(CN3CCOCC3)ccc2[nH]1. The fraction of sp³-hybridized carbons (Fsp3) is 0.222. The highest BCUT2D eigenvalue weighted by molar-refractivity contribution is 5.83. The van der Waals surface area contributed by atoms with Crippen molar-refractivity contribution in [2.45, 2.75) is 6.54 Å². The van der Waals surface area contributed by atoms with E-state index < -0.39 is 0 Å². The van der Waals surface area contributed by atoms with Gasteiger partial charge in [-0.2, -0.15) is 10.4 Å². The van der Waals surface area contributed by atoms with Crippen LogP contribution in [0.3, 0.4) is 0 Å². The molecule has 0 spiro atoms. The fourth-order valence-electron chi connectivity index (χ4n) is 4.45. The Hall–Kier alpha value is -4.79. The van der Waals surface area contributed by atoms with Crippen LogP contribution in [0.2, 0.25) is 0 Å². The number of anilines is 2. The van der Waals surface area contributed by atoms with Crippen LogP contribution in [0.15, 0.2) is 54.9 Å². The Labute approximate surface area is 218 Å². The summed E-state index contributed by atoms with van der Waals surface area (Å²) in [7, 11) is 1.56. The van der Waals surface area contributed by atoms with Crippen molar-refractivity contribution in [1.82, 2.24) is 35.0 Å². The van der Waals surface area contributed by atoms with Crippen molar-refractivity contribution in [1.29, 1.82) is 5.26 Å². The molecule has 1 saturated heterocycles. The largest absolute Gasteiger partial charge is 0.491 e. The lowest BCUT2D eigenvalue weighted by Gasteiger charge is -2.26. The minimum Gasteiger partial charge on any atom is -0.491 e. The Morgan fingerprint density at radius 1 is 1.16 bits per heavy atom. The van der Waals surface area contributed by atoms with E-state index in [0.29, 0.717) is 40.2 Å². The first kappa shape index (κ1) is 23.6. The molecule has 1 aliphatic heterocycles. The van der Waals surface area contributed by atoms with Gasteiger partial charge in [0, 0.05) is 31.4 Å². The number of morpholine rings is 1. The Bertz CT molecular complexity index is 1630. The van der Waals surface area contributed by atoms with Gasteiger partial charge in [-0.15, -0.1) is 0 Å².